The van der Waals surface area contributed by atoms with Crippen molar-refractivity contribution < 1.29 is 19.1 Å². The molecule has 4 heteroatoms. The molecule has 0 spiro atoms. The summed E-state index contributed by atoms with van der Waals surface area (Å²) in [5, 5.41) is 0. The van der Waals surface area contributed by atoms with Crippen LogP contribution in [0.25, 0.3) is 0 Å². The Morgan fingerprint density at radius 1 is 1.10 bits per heavy atom. The third-order valence-electron chi connectivity index (χ3n) is 10.1. The molecule has 0 saturated heterocycles. The standard InChI is InChI=1S/C25H38O4/c1-15(5-10-23(28)29-4)19-8-9-20-18-7-6-16-13-17(26)11-12-24(16,2)21(18)14-22(27)25(19,20)3/h15-16,18-21H,5-14H2,1-4H3/t15-,16-,18+,19-,20+,21+,24+,25-/m0/s1. The van der Waals surface area contributed by atoms with Crippen LogP contribution in [-0.4, -0.2) is 24.6 Å². The molecule has 29 heavy (non-hydrogen) atoms. The van der Waals surface area contributed by atoms with Crippen molar-refractivity contribution >= 4 is 17.5 Å². The normalized spacial score (nSPS) is 45.2. The van der Waals surface area contributed by atoms with Gasteiger partial charge in [0, 0.05) is 31.1 Å². The highest BCUT2D eigenvalue weighted by Crippen LogP contribution is 2.67. The van der Waals surface area contributed by atoms with E-state index in [1.165, 1.54) is 13.5 Å². The monoisotopic (exact) mass is 402 g/mol. The number of ketones is 2. The Morgan fingerprint density at radius 3 is 2.59 bits per heavy atom. The topological polar surface area (TPSA) is 60.4 Å². The Balaban J connectivity index is 1.55. The van der Waals surface area contributed by atoms with Crippen molar-refractivity contribution in [3.63, 3.8) is 0 Å². The zero-order valence-corrected chi connectivity index (χ0v) is 18.7. The lowest BCUT2D eigenvalue weighted by molar-refractivity contribution is -0.159. The highest BCUT2D eigenvalue weighted by atomic mass is 16.5. The molecule has 4 saturated carbocycles. The summed E-state index contributed by atoms with van der Waals surface area (Å²) in [6.45, 7) is 6.87. The molecule has 0 aromatic heterocycles. The van der Waals surface area contributed by atoms with Gasteiger partial charge in [-0.1, -0.05) is 20.8 Å². The van der Waals surface area contributed by atoms with Crippen molar-refractivity contribution in [1.29, 1.82) is 0 Å². The fourth-order valence-electron chi connectivity index (χ4n) is 8.34. The van der Waals surface area contributed by atoms with Crippen LogP contribution < -0.4 is 0 Å². The Morgan fingerprint density at radius 2 is 1.86 bits per heavy atom. The summed E-state index contributed by atoms with van der Waals surface area (Å²) in [5.74, 6) is 3.55. The number of Topliss-reactive ketones (excluding diaryl/α,β-unsaturated/α-hetero) is 2. The summed E-state index contributed by atoms with van der Waals surface area (Å²) < 4.78 is 4.83. The third kappa shape index (κ3) is 3.20. The molecule has 8 atom stereocenters. The maximum absolute atomic E-state index is 13.7. The van der Waals surface area contributed by atoms with Gasteiger partial charge in [0.05, 0.1) is 7.11 Å². The smallest absolute Gasteiger partial charge is 0.305 e. The maximum Gasteiger partial charge on any atom is 0.305 e. The summed E-state index contributed by atoms with van der Waals surface area (Å²) in [5.41, 5.74) is -0.0627. The van der Waals surface area contributed by atoms with Gasteiger partial charge in [0.2, 0.25) is 0 Å². The molecule has 0 aliphatic heterocycles. The van der Waals surface area contributed by atoms with E-state index in [-0.39, 0.29) is 16.8 Å². The maximum atomic E-state index is 13.7. The van der Waals surface area contributed by atoms with E-state index in [1.807, 2.05) is 0 Å². The number of carbonyl (C=O) groups is 3. The van der Waals surface area contributed by atoms with Crippen LogP contribution in [0.4, 0.5) is 0 Å². The number of fused-ring (bicyclic) bond motifs is 5. The van der Waals surface area contributed by atoms with E-state index in [4.69, 9.17) is 4.74 Å². The Hall–Kier alpha value is -1.19. The van der Waals surface area contributed by atoms with E-state index in [9.17, 15) is 14.4 Å². The second-order valence-electron chi connectivity index (χ2n) is 11.1. The number of hydrogen-bond donors (Lipinski definition) is 0. The van der Waals surface area contributed by atoms with Crippen molar-refractivity contribution in [2.45, 2.75) is 85.0 Å². The molecule has 0 bridgehead atoms. The molecule has 4 aliphatic rings. The zero-order chi connectivity index (χ0) is 21.0. The lowest BCUT2D eigenvalue weighted by Crippen LogP contribution is -2.57. The highest BCUT2D eigenvalue weighted by Gasteiger charge is 2.63. The zero-order valence-electron chi connectivity index (χ0n) is 18.7. The first kappa shape index (κ1) is 21.1. The molecular formula is C25H38O4. The highest BCUT2D eigenvalue weighted by molar-refractivity contribution is 5.87. The lowest BCUT2D eigenvalue weighted by Gasteiger charge is -2.59. The van der Waals surface area contributed by atoms with Gasteiger partial charge in [-0.05, 0) is 79.4 Å². The van der Waals surface area contributed by atoms with E-state index in [0.29, 0.717) is 66.3 Å². The number of rotatable bonds is 4. The van der Waals surface area contributed by atoms with Crippen LogP contribution in [0.1, 0.15) is 85.0 Å². The second-order valence-corrected chi connectivity index (χ2v) is 11.1. The van der Waals surface area contributed by atoms with Gasteiger partial charge in [-0.25, -0.2) is 0 Å². The lowest BCUT2D eigenvalue weighted by atomic mass is 9.44. The minimum absolute atomic E-state index is 0.148. The summed E-state index contributed by atoms with van der Waals surface area (Å²) in [4.78, 5) is 37.4. The SMILES string of the molecule is COC(=O)CC[C@H](C)[C@@H]1CC[C@@H]2[C@H]3CC[C@H]4CC(=O)CC[C@@]4(C)[C@@H]3CC(=O)[C@]21C. The molecule has 4 aliphatic carbocycles. The van der Waals surface area contributed by atoms with Gasteiger partial charge in [0.15, 0.2) is 0 Å². The molecule has 4 rings (SSSR count). The fraction of sp³-hybridized carbons (Fsp3) is 0.880. The summed E-state index contributed by atoms with van der Waals surface area (Å²) >= 11 is 0. The van der Waals surface area contributed by atoms with Crippen LogP contribution in [0.2, 0.25) is 0 Å². The molecule has 0 unspecified atom stereocenters. The summed E-state index contributed by atoms with van der Waals surface area (Å²) in [7, 11) is 1.44. The molecule has 0 radical (unpaired) electrons. The van der Waals surface area contributed by atoms with E-state index < -0.39 is 0 Å². The van der Waals surface area contributed by atoms with Gasteiger partial charge in [-0.2, -0.15) is 0 Å². The number of esters is 1. The summed E-state index contributed by atoms with van der Waals surface area (Å²) in [6.07, 6.45) is 9.00. The first-order valence-electron chi connectivity index (χ1n) is 11.8. The number of ether oxygens (including phenoxy) is 1. The largest absolute Gasteiger partial charge is 0.469 e. The molecule has 0 amide bonds. The predicted molar refractivity (Wildman–Crippen MR) is 111 cm³/mol. The minimum atomic E-state index is -0.232. The van der Waals surface area contributed by atoms with Crippen LogP contribution in [0, 0.1) is 46.3 Å². The molecule has 0 aromatic rings. The van der Waals surface area contributed by atoms with Crippen molar-refractivity contribution in [1.82, 2.24) is 0 Å². The van der Waals surface area contributed by atoms with Gasteiger partial charge in [0.25, 0.3) is 0 Å². The molecule has 4 nitrogen and oxygen atoms in total. The van der Waals surface area contributed by atoms with Gasteiger partial charge >= 0.3 is 5.97 Å². The average molecular weight is 403 g/mol. The minimum Gasteiger partial charge on any atom is -0.469 e. The molecule has 0 aromatic carbocycles. The van der Waals surface area contributed by atoms with Gasteiger partial charge in [0.1, 0.15) is 11.6 Å². The first-order chi connectivity index (χ1) is 13.7. The van der Waals surface area contributed by atoms with Crippen LogP contribution in [0.5, 0.6) is 0 Å². The third-order valence-corrected chi connectivity index (χ3v) is 10.1. The Kier molecular flexibility index (Phi) is 5.44. The van der Waals surface area contributed by atoms with Crippen LogP contribution in [0.3, 0.4) is 0 Å². The van der Waals surface area contributed by atoms with Crippen LogP contribution in [0.15, 0.2) is 0 Å². The first-order valence-corrected chi connectivity index (χ1v) is 11.8. The molecule has 0 N–H and O–H groups in total. The van der Waals surface area contributed by atoms with Gasteiger partial charge < -0.3 is 4.74 Å². The van der Waals surface area contributed by atoms with Crippen molar-refractivity contribution in [2.24, 2.45) is 46.3 Å². The fourth-order valence-corrected chi connectivity index (χ4v) is 8.34. The van der Waals surface area contributed by atoms with E-state index >= 15 is 0 Å². The number of hydrogen-bond acceptors (Lipinski definition) is 4. The predicted octanol–water partition coefficient (Wildman–Crippen LogP) is 4.98. The van der Waals surface area contributed by atoms with Gasteiger partial charge in [-0.3, -0.25) is 14.4 Å². The average Bonchev–Trinajstić information content (AvgIpc) is 3.06. The second kappa shape index (κ2) is 7.50. The van der Waals surface area contributed by atoms with E-state index in [2.05, 4.69) is 20.8 Å². The number of carbonyl (C=O) groups excluding carboxylic acids is 3. The Labute approximate surface area is 175 Å². The molecular weight excluding hydrogens is 364 g/mol. The van der Waals surface area contributed by atoms with Crippen molar-refractivity contribution in [3.8, 4) is 0 Å². The Bertz CT molecular complexity index is 699. The molecule has 0 heterocycles. The van der Waals surface area contributed by atoms with E-state index in [1.54, 1.807) is 0 Å². The molecule has 4 fully saturated rings. The van der Waals surface area contributed by atoms with E-state index in [0.717, 1.165) is 38.5 Å². The summed E-state index contributed by atoms with van der Waals surface area (Å²) in [6, 6.07) is 0. The van der Waals surface area contributed by atoms with Gasteiger partial charge in [-0.15, -0.1) is 0 Å². The quantitative estimate of drug-likeness (QED) is 0.622. The number of methoxy groups -OCH3 is 1. The van der Waals surface area contributed by atoms with Crippen LogP contribution >= 0.6 is 0 Å². The van der Waals surface area contributed by atoms with Crippen LogP contribution in [-0.2, 0) is 19.1 Å². The van der Waals surface area contributed by atoms with Crippen molar-refractivity contribution in [2.75, 3.05) is 7.11 Å². The van der Waals surface area contributed by atoms with Crippen molar-refractivity contribution in [3.05, 3.63) is 0 Å². The molecule has 162 valence electrons.